The Morgan fingerprint density at radius 1 is 0.438 bits per heavy atom. The number of rotatable bonds is 6. The van der Waals surface area contributed by atoms with Crippen molar-refractivity contribution >= 4 is 27.8 Å². The Morgan fingerprint density at radius 3 is 1.75 bits per heavy atom. The minimum atomic E-state index is 0.610. The number of hydrogen-bond acceptors (Lipinski definition) is 4. The predicted octanol–water partition coefficient (Wildman–Crippen LogP) is 11.2. The number of allylic oxidation sites excluding steroid dienone is 1. The van der Waals surface area contributed by atoms with Crippen LogP contribution in [0.15, 0.2) is 152 Å². The fourth-order valence-electron chi connectivity index (χ4n) is 6.27. The molecule has 2 aromatic heterocycles. The quantitative estimate of drug-likeness (QED) is 0.186. The summed E-state index contributed by atoms with van der Waals surface area (Å²) in [5.74, 6) is 1.87. The van der Waals surface area contributed by atoms with E-state index in [1.165, 1.54) is 21.9 Å². The van der Waals surface area contributed by atoms with Crippen molar-refractivity contribution in [3.05, 3.63) is 163 Å². The summed E-state index contributed by atoms with van der Waals surface area (Å²) in [5.41, 5.74) is 10.3. The third-order valence-corrected chi connectivity index (χ3v) is 8.73. The highest BCUT2D eigenvalue weighted by Crippen LogP contribution is 2.35. The lowest BCUT2D eigenvalue weighted by Gasteiger charge is -2.13. The van der Waals surface area contributed by atoms with Gasteiger partial charge in [0, 0.05) is 27.6 Å². The third-order valence-electron chi connectivity index (χ3n) is 8.73. The first-order valence-electron chi connectivity index (χ1n) is 16.2. The number of hydrogen-bond donors (Lipinski definition) is 0. The van der Waals surface area contributed by atoms with E-state index in [2.05, 4.69) is 98.8 Å². The molecule has 0 N–H and O–H groups in total. The van der Waals surface area contributed by atoms with Crippen LogP contribution in [0, 0.1) is 6.92 Å². The Balaban J connectivity index is 1.36. The van der Waals surface area contributed by atoms with E-state index >= 15 is 0 Å². The normalized spacial score (nSPS) is 11.5. The predicted molar refractivity (Wildman–Crippen MR) is 199 cm³/mol. The van der Waals surface area contributed by atoms with Crippen LogP contribution < -0.4 is 0 Å². The number of fused-ring (bicyclic) bond motifs is 2. The highest BCUT2D eigenvalue weighted by Gasteiger charge is 2.16. The molecule has 0 bridgehead atoms. The fourth-order valence-corrected chi connectivity index (χ4v) is 6.27. The topological polar surface area (TPSA) is 51.6 Å². The van der Waals surface area contributed by atoms with Gasteiger partial charge in [0.1, 0.15) is 0 Å². The monoisotopic (exact) mass is 616 g/mol. The number of benzene rings is 6. The SMILES string of the molecule is C/C=C\c1c(C)ccc2cc(-c3cc(-c4ccc5ccccc5n4)cc(-c4nc(-c5ccccc5)nc(-c5ccccc5)n4)c3)ccc12. The summed E-state index contributed by atoms with van der Waals surface area (Å²) >= 11 is 0. The van der Waals surface area contributed by atoms with E-state index in [-0.39, 0.29) is 0 Å². The van der Waals surface area contributed by atoms with E-state index in [9.17, 15) is 0 Å². The second-order valence-electron chi connectivity index (χ2n) is 12.0. The maximum Gasteiger partial charge on any atom is 0.164 e. The summed E-state index contributed by atoms with van der Waals surface area (Å²) in [7, 11) is 0. The number of aryl methyl sites for hydroxylation is 1. The summed E-state index contributed by atoms with van der Waals surface area (Å²) < 4.78 is 0. The molecule has 0 radical (unpaired) electrons. The molecular weight excluding hydrogens is 585 g/mol. The van der Waals surface area contributed by atoms with Crippen molar-refractivity contribution in [3.63, 3.8) is 0 Å². The van der Waals surface area contributed by atoms with E-state index in [4.69, 9.17) is 19.9 Å². The van der Waals surface area contributed by atoms with Gasteiger partial charge in [-0.2, -0.15) is 0 Å². The van der Waals surface area contributed by atoms with Gasteiger partial charge in [-0.3, -0.25) is 0 Å². The number of nitrogens with zero attached hydrogens (tertiary/aromatic N) is 4. The van der Waals surface area contributed by atoms with Gasteiger partial charge in [-0.1, -0.05) is 121 Å². The minimum Gasteiger partial charge on any atom is -0.248 e. The molecule has 2 heterocycles. The molecule has 228 valence electrons. The molecule has 8 aromatic rings. The molecule has 0 atom stereocenters. The molecule has 4 nitrogen and oxygen atoms in total. The van der Waals surface area contributed by atoms with Gasteiger partial charge in [0.2, 0.25) is 0 Å². The van der Waals surface area contributed by atoms with Crippen molar-refractivity contribution in [2.45, 2.75) is 13.8 Å². The second kappa shape index (κ2) is 12.5. The van der Waals surface area contributed by atoms with Gasteiger partial charge in [-0.25, -0.2) is 19.9 Å². The molecule has 6 aromatic carbocycles. The lowest BCUT2D eigenvalue weighted by atomic mass is 9.93. The summed E-state index contributed by atoms with van der Waals surface area (Å²) in [6, 6.07) is 50.3. The minimum absolute atomic E-state index is 0.610. The van der Waals surface area contributed by atoms with Crippen LogP contribution in [-0.2, 0) is 0 Å². The summed E-state index contributed by atoms with van der Waals surface area (Å²) in [6.45, 7) is 4.23. The van der Waals surface area contributed by atoms with Crippen LogP contribution in [0.1, 0.15) is 18.1 Å². The highest BCUT2D eigenvalue weighted by atomic mass is 15.0. The van der Waals surface area contributed by atoms with Crippen LogP contribution in [0.25, 0.3) is 84.3 Å². The van der Waals surface area contributed by atoms with Crippen LogP contribution in [0.3, 0.4) is 0 Å². The fraction of sp³-hybridized carbons (Fsp3) is 0.0455. The van der Waals surface area contributed by atoms with Crippen LogP contribution in [-0.4, -0.2) is 19.9 Å². The molecule has 0 aliphatic carbocycles. The van der Waals surface area contributed by atoms with Gasteiger partial charge in [-0.05, 0) is 83.3 Å². The van der Waals surface area contributed by atoms with Crippen molar-refractivity contribution in [1.82, 2.24) is 19.9 Å². The molecule has 0 amide bonds. The Kier molecular flexibility index (Phi) is 7.60. The Morgan fingerprint density at radius 2 is 1.04 bits per heavy atom. The van der Waals surface area contributed by atoms with E-state index in [1.54, 1.807) is 0 Å². The molecule has 0 fully saturated rings. The van der Waals surface area contributed by atoms with Gasteiger partial charge in [0.25, 0.3) is 0 Å². The van der Waals surface area contributed by atoms with Gasteiger partial charge in [0.15, 0.2) is 17.5 Å². The van der Waals surface area contributed by atoms with Crippen LogP contribution in [0.5, 0.6) is 0 Å². The summed E-state index contributed by atoms with van der Waals surface area (Å²) in [5, 5.41) is 3.54. The van der Waals surface area contributed by atoms with Crippen molar-refractivity contribution < 1.29 is 0 Å². The first-order valence-corrected chi connectivity index (χ1v) is 16.2. The largest absolute Gasteiger partial charge is 0.248 e. The molecule has 0 saturated carbocycles. The lowest BCUT2D eigenvalue weighted by Crippen LogP contribution is -2.00. The molecule has 8 rings (SSSR count). The smallest absolute Gasteiger partial charge is 0.164 e. The molecule has 0 spiro atoms. The molecule has 0 aliphatic rings. The van der Waals surface area contributed by atoms with Crippen molar-refractivity contribution in [2.75, 3.05) is 0 Å². The molecule has 0 saturated heterocycles. The van der Waals surface area contributed by atoms with Crippen LogP contribution in [0.2, 0.25) is 0 Å². The van der Waals surface area contributed by atoms with Gasteiger partial charge < -0.3 is 0 Å². The molecule has 0 unspecified atom stereocenters. The zero-order valence-corrected chi connectivity index (χ0v) is 26.8. The third kappa shape index (κ3) is 5.65. The first-order chi connectivity index (χ1) is 23.6. The summed E-state index contributed by atoms with van der Waals surface area (Å²) in [4.78, 5) is 20.1. The maximum atomic E-state index is 5.08. The van der Waals surface area contributed by atoms with Crippen LogP contribution >= 0.6 is 0 Å². The van der Waals surface area contributed by atoms with Crippen molar-refractivity contribution in [3.8, 4) is 56.5 Å². The van der Waals surface area contributed by atoms with Gasteiger partial charge in [0.05, 0.1) is 11.2 Å². The Bertz CT molecular complexity index is 2410. The van der Waals surface area contributed by atoms with E-state index < -0.39 is 0 Å². The molecule has 4 heteroatoms. The number of pyridine rings is 1. The zero-order valence-electron chi connectivity index (χ0n) is 26.8. The van der Waals surface area contributed by atoms with Crippen molar-refractivity contribution in [2.24, 2.45) is 0 Å². The molecule has 0 aliphatic heterocycles. The summed E-state index contributed by atoms with van der Waals surface area (Å²) in [6.07, 6.45) is 4.29. The number of para-hydroxylation sites is 1. The van der Waals surface area contributed by atoms with E-state index in [1.807, 2.05) is 72.8 Å². The average Bonchev–Trinajstić information content (AvgIpc) is 3.16. The molecular formula is C44H32N4. The standard InChI is InChI=1S/C44H32N4/c1-3-12-38-29(2)19-20-34-25-33(21-23-39(34)38)35-26-36(41-24-22-30-13-10-11-18-40(30)45-41)28-37(27-35)44-47-42(31-14-6-4-7-15-31)46-43(48-44)32-16-8-5-9-17-32/h3-28H,1-2H3/b12-3-. The maximum absolute atomic E-state index is 5.08. The number of aromatic nitrogens is 4. The van der Waals surface area contributed by atoms with E-state index in [0.29, 0.717) is 17.5 Å². The van der Waals surface area contributed by atoms with Gasteiger partial charge in [-0.15, -0.1) is 0 Å². The Hall–Kier alpha value is -6.26. The van der Waals surface area contributed by atoms with E-state index in [0.717, 1.165) is 50.0 Å². The highest BCUT2D eigenvalue weighted by molar-refractivity contribution is 5.95. The van der Waals surface area contributed by atoms with Crippen LogP contribution in [0.4, 0.5) is 0 Å². The Labute approximate surface area is 280 Å². The second-order valence-corrected chi connectivity index (χ2v) is 12.0. The molecule has 48 heavy (non-hydrogen) atoms. The van der Waals surface area contributed by atoms with Gasteiger partial charge >= 0.3 is 0 Å². The lowest BCUT2D eigenvalue weighted by molar-refractivity contribution is 1.07. The first kappa shape index (κ1) is 29.2. The van der Waals surface area contributed by atoms with Crippen molar-refractivity contribution in [1.29, 1.82) is 0 Å². The zero-order chi connectivity index (χ0) is 32.5. The average molecular weight is 617 g/mol.